The summed E-state index contributed by atoms with van der Waals surface area (Å²) in [7, 11) is 0. The zero-order chi connectivity index (χ0) is 15.8. The van der Waals surface area contributed by atoms with Crippen molar-refractivity contribution in [2.75, 3.05) is 13.2 Å². The first-order chi connectivity index (χ1) is 11.2. The van der Waals surface area contributed by atoms with Crippen LogP contribution in [-0.2, 0) is 16.0 Å². The number of carbonyl (C=O) groups is 1. The Morgan fingerprint density at radius 1 is 1.30 bits per heavy atom. The van der Waals surface area contributed by atoms with Crippen molar-refractivity contribution in [2.24, 2.45) is 0 Å². The second-order valence-electron chi connectivity index (χ2n) is 6.38. The van der Waals surface area contributed by atoms with E-state index >= 15 is 0 Å². The van der Waals surface area contributed by atoms with Gasteiger partial charge < -0.3 is 14.6 Å². The van der Waals surface area contributed by atoms with Crippen molar-refractivity contribution in [1.82, 2.24) is 9.88 Å². The summed E-state index contributed by atoms with van der Waals surface area (Å²) in [4.78, 5) is 29.7. The average Bonchev–Trinajstić information content (AvgIpc) is 3.04. The normalized spacial score (nSPS) is 23.9. The van der Waals surface area contributed by atoms with Crippen molar-refractivity contribution in [3.63, 3.8) is 0 Å². The molecular formula is C18H20N2O3. The number of para-hydroxylation sites is 1. The molecule has 23 heavy (non-hydrogen) atoms. The average molecular weight is 312 g/mol. The van der Waals surface area contributed by atoms with Gasteiger partial charge in [-0.1, -0.05) is 18.2 Å². The van der Waals surface area contributed by atoms with Crippen LogP contribution in [0.2, 0.25) is 0 Å². The molecule has 0 spiro atoms. The zero-order valence-corrected chi connectivity index (χ0v) is 13.0. The van der Waals surface area contributed by atoms with Gasteiger partial charge in [-0.2, -0.15) is 0 Å². The highest BCUT2D eigenvalue weighted by Gasteiger charge is 2.38. The van der Waals surface area contributed by atoms with Crippen molar-refractivity contribution in [3.8, 4) is 0 Å². The lowest BCUT2D eigenvalue weighted by atomic mass is 10.1. The molecule has 1 aromatic carbocycles. The number of ether oxygens (including phenoxy) is 1. The molecule has 2 aliphatic rings. The van der Waals surface area contributed by atoms with E-state index in [1.54, 1.807) is 0 Å². The van der Waals surface area contributed by atoms with Crippen LogP contribution in [-0.4, -0.2) is 41.1 Å². The summed E-state index contributed by atoms with van der Waals surface area (Å²) in [6, 6.07) is 9.65. The van der Waals surface area contributed by atoms with Crippen LogP contribution in [0.15, 0.2) is 35.1 Å². The predicted octanol–water partition coefficient (Wildman–Crippen LogP) is 1.85. The van der Waals surface area contributed by atoms with Gasteiger partial charge in [0.1, 0.15) is 0 Å². The van der Waals surface area contributed by atoms with E-state index in [1.165, 1.54) is 0 Å². The molecule has 1 aliphatic carbocycles. The summed E-state index contributed by atoms with van der Waals surface area (Å²) in [5, 5.41) is 0.954. The summed E-state index contributed by atoms with van der Waals surface area (Å²) < 4.78 is 5.75. The topological polar surface area (TPSA) is 62.4 Å². The second-order valence-corrected chi connectivity index (χ2v) is 6.38. The molecule has 0 radical (unpaired) electrons. The quantitative estimate of drug-likeness (QED) is 0.920. The van der Waals surface area contributed by atoms with E-state index in [0.29, 0.717) is 18.7 Å². The monoisotopic (exact) mass is 312 g/mol. The predicted molar refractivity (Wildman–Crippen MR) is 87.4 cm³/mol. The number of morpholine rings is 1. The van der Waals surface area contributed by atoms with E-state index in [2.05, 4.69) is 4.98 Å². The third-order valence-electron chi connectivity index (χ3n) is 4.97. The molecule has 5 nitrogen and oxygen atoms in total. The largest absolute Gasteiger partial charge is 0.374 e. The standard InChI is InChI=1S/C18H20N2O3/c21-17(20-8-9-23-16-7-3-6-15(16)20)11-13-10-12-4-1-2-5-14(12)19-18(13)22/h1-2,4-5,10,15-16H,3,6-9,11H2,(H,19,22)/t15-,16+/m1/s1. The summed E-state index contributed by atoms with van der Waals surface area (Å²) in [5.41, 5.74) is 1.17. The van der Waals surface area contributed by atoms with Crippen molar-refractivity contribution in [3.05, 3.63) is 46.2 Å². The Hall–Kier alpha value is -2.14. The molecule has 120 valence electrons. The molecule has 0 bridgehead atoms. The smallest absolute Gasteiger partial charge is 0.252 e. The van der Waals surface area contributed by atoms with E-state index < -0.39 is 0 Å². The summed E-state index contributed by atoms with van der Waals surface area (Å²) >= 11 is 0. The third kappa shape index (κ3) is 2.65. The van der Waals surface area contributed by atoms with E-state index in [1.807, 2.05) is 35.2 Å². The minimum atomic E-state index is -0.173. The first-order valence-corrected chi connectivity index (χ1v) is 8.24. The third-order valence-corrected chi connectivity index (χ3v) is 4.97. The minimum Gasteiger partial charge on any atom is -0.374 e. The van der Waals surface area contributed by atoms with Crippen LogP contribution < -0.4 is 5.56 Å². The van der Waals surface area contributed by atoms with Gasteiger partial charge in [0.15, 0.2) is 0 Å². The van der Waals surface area contributed by atoms with Crippen LogP contribution in [0, 0.1) is 0 Å². The molecule has 2 aromatic rings. The Morgan fingerprint density at radius 3 is 3.09 bits per heavy atom. The fourth-order valence-electron chi connectivity index (χ4n) is 3.82. The van der Waals surface area contributed by atoms with Gasteiger partial charge in [-0.15, -0.1) is 0 Å². The Kier molecular flexibility index (Phi) is 3.65. The molecule has 2 fully saturated rings. The fraction of sp³-hybridized carbons (Fsp3) is 0.444. The van der Waals surface area contributed by atoms with E-state index in [0.717, 1.165) is 30.2 Å². The van der Waals surface area contributed by atoms with Gasteiger partial charge in [0, 0.05) is 17.6 Å². The maximum atomic E-state index is 12.7. The molecule has 2 atom stereocenters. The molecule has 1 aliphatic heterocycles. The van der Waals surface area contributed by atoms with Gasteiger partial charge in [0.05, 0.1) is 25.2 Å². The Balaban J connectivity index is 1.58. The Labute approximate surface area is 134 Å². The number of aromatic nitrogens is 1. The number of rotatable bonds is 2. The summed E-state index contributed by atoms with van der Waals surface area (Å²) in [6.07, 6.45) is 3.48. The van der Waals surface area contributed by atoms with Gasteiger partial charge in [-0.3, -0.25) is 9.59 Å². The molecule has 2 heterocycles. The molecule has 4 rings (SSSR count). The summed E-state index contributed by atoms with van der Waals surface area (Å²) in [6.45, 7) is 1.23. The molecule has 1 saturated carbocycles. The maximum Gasteiger partial charge on any atom is 0.252 e. The van der Waals surface area contributed by atoms with E-state index in [9.17, 15) is 9.59 Å². The fourth-order valence-corrected chi connectivity index (χ4v) is 3.82. The van der Waals surface area contributed by atoms with Crippen molar-refractivity contribution in [1.29, 1.82) is 0 Å². The van der Waals surface area contributed by atoms with Gasteiger partial charge >= 0.3 is 0 Å². The van der Waals surface area contributed by atoms with Crippen LogP contribution >= 0.6 is 0 Å². The van der Waals surface area contributed by atoms with Crippen LogP contribution in [0.3, 0.4) is 0 Å². The highest BCUT2D eigenvalue weighted by Crippen LogP contribution is 2.30. The van der Waals surface area contributed by atoms with Gasteiger partial charge in [0.2, 0.25) is 5.91 Å². The maximum absolute atomic E-state index is 12.7. The molecule has 1 amide bonds. The van der Waals surface area contributed by atoms with Crippen molar-refractivity contribution in [2.45, 2.75) is 37.8 Å². The number of hydrogen-bond donors (Lipinski definition) is 1. The lowest BCUT2D eigenvalue weighted by Crippen LogP contribution is -2.51. The molecule has 1 N–H and O–H groups in total. The first-order valence-electron chi connectivity index (χ1n) is 8.24. The van der Waals surface area contributed by atoms with Gasteiger partial charge in [-0.25, -0.2) is 0 Å². The van der Waals surface area contributed by atoms with Crippen LogP contribution in [0.1, 0.15) is 24.8 Å². The first kappa shape index (κ1) is 14.5. The molecule has 1 aromatic heterocycles. The Bertz CT molecular complexity index is 798. The minimum absolute atomic E-state index is 0.0333. The second kappa shape index (κ2) is 5.81. The highest BCUT2D eigenvalue weighted by atomic mass is 16.5. The number of carbonyl (C=O) groups excluding carboxylic acids is 1. The van der Waals surface area contributed by atoms with Crippen molar-refractivity contribution < 1.29 is 9.53 Å². The summed E-state index contributed by atoms with van der Waals surface area (Å²) in [5.74, 6) is 0.0333. The van der Waals surface area contributed by atoms with Gasteiger partial charge in [0.25, 0.3) is 5.56 Å². The number of fused-ring (bicyclic) bond motifs is 2. The van der Waals surface area contributed by atoms with Crippen LogP contribution in [0.5, 0.6) is 0 Å². The van der Waals surface area contributed by atoms with E-state index in [-0.39, 0.29) is 30.0 Å². The molecule has 5 heteroatoms. The number of aromatic amines is 1. The lowest BCUT2D eigenvalue weighted by molar-refractivity contribution is -0.143. The SMILES string of the molecule is O=C(Cc1cc2ccccc2[nH]c1=O)N1CCO[C@H]2CCC[C@H]21. The molecule has 1 saturated heterocycles. The Morgan fingerprint density at radius 2 is 2.17 bits per heavy atom. The highest BCUT2D eigenvalue weighted by molar-refractivity contribution is 5.83. The van der Waals surface area contributed by atoms with Gasteiger partial charge in [-0.05, 0) is 36.8 Å². The number of nitrogens with zero attached hydrogens (tertiary/aromatic N) is 1. The molecule has 0 unspecified atom stereocenters. The van der Waals surface area contributed by atoms with E-state index in [4.69, 9.17) is 4.74 Å². The number of amides is 1. The number of pyridine rings is 1. The van der Waals surface area contributed by atoms with Crippen molar-refractivity contribution >= 4 is 16.8 Å². The van der Waals surface area contributed by atoms with Crippen LogP contribution in [0.25, 0.3) is 10.9 Å². The zero-order valence-electron chi connectivity index (χ0n) is 13.0. The number of benzene rings is 1. The van der Waals surface area contributed by atoms with Crippen LogP contribution in [0.4, 0.5) is 0 Å². The molecular weight excluding hydrogens is 292 g/mol. The number of hydrogen-bond acceptors (Lipinski definition) is 3. The lowest BCUT2D eigenvalue weighted by Gasteiger charge is -2.37. The number of nitrogens with one attached hydrogen (secondary N) is 1. The number of H-pyrrole nitrogens is 1.